The van der Waals surface area contributed by atoms with Crippen LogP contribution < -0.4 is 0 Å². The lowest BCUT2D eigenvalue weighted by Crippen LogP contribution is -2.47. The molecule has 6 nitrogen and oxygen atoms in total. The van der Waals surface area contributed by atoms with Crippen LogP contribution in [0.25, 0.3) is 0 Å². The smallest absolute Gasteiger partial charge is 0.237 e. The summed E-state index contributed by atoms with van der Waals surface area (Å²) in [6.07, 6.45) is 2.17. The first-order valence-corrected chi connectivity index (χ1v) is 12.3. The molecule has 1 fully saturated rings. The van der Waals surface area contributed by atoms with E-state index in [1.165, 1.54) is 4.88 Å². The highest BCUT2D eigenvalue weighted by atomic mass is 32.2. The molecule has 2 aromatic heterocycles. The van der Waals surface area contributed by atoms with Crippen LogP contribution in [0.15, 0.2) is 40.3 Å². The molecule has 8 heteroatoms. The maximum Gasteiger partial charge on any atom is 0.237 e. The quantitative estimate of drug-likeness (QED) is 0.619. The van der Waals surface area contributed by atoms with Crippen LogP contribution in [0.1, 0.15) is 30.9 Å². The van der Waals surface area contributed by atoms with Gasteiger partial charge in [-0.2, -0.15) is 0 Å². The summed E-state index contributed by atoms with van der Waals surface area (Å²) in [5.41, 5.74) is 0. The van der Waals surface area contributed by atoms with Crippen LogP contribution in [0, 0.1) is 5.92 Å². The molecule has 1 saturated heterocycles. The molecule has 0 spiro atoms. The van der Waals surface area contributed by atoms with Gasteiger partial charge in [-0.05, 0) is 35.9 Å². The van der Waals surface area contributed by atoms with Gasteiger partial charge in [-0.25, -0.2) is 8.42 Å². The topological polar surface area (TPSA) is 70.8 Å². The highest BCUT2D eigenvalue weighted by Crippen LogP contribution is 2.21. The second kappa shape index (κ2) is 9.24. The van der Waals surface area contributed by atoms with E-state index in [1.807, 2.05) is 23.6 Å². The zero-order valence-corrected chi connectivity index (χ0v) is 18.0. The molecule has 3 heterocycles. The molecule has 0 bridgehead atoms. The average Bonchev–Trinajstić information content (AvgIpc) is 3.35. The first kappa shape index (κ1) is 21.1. The molecule has 1 aliphatic heterocycles. The van der Waals surface area contributed by atoms with Crippen LogP contribution in [-0.4, -0.2) is 54.8 Å². The van der Waals surface area contributed by atoms with Gasteiger partial charge in [0.25, 0.3) is 0 Å². The molecule has 2 aromatic rings. The maximum absolute atomic E-state index is 13.2. The van der Waals surface area contributed by atoms with E-state index in [-0.39, 0.29) is 35.9 Å². The Morgan fingerprint density at radius 3 is 2.68 bits per heavy atom. The highest BCUT2D eigenvalue weighted by Gasteiger charge is 2.35. The van der Waals surface area contributed by atoms with Crippen molar-refractivity contribution in [2.24, 2.45) is 5.92 Å². The molecule has 1 aliphatic rings. The Balaban J connectivity index is 1.73. The molecule has 154 valence electrons. The third-order valence-electron chi connectivity index (χ3n) is 4.81. The van der Waals surface area contributed by atoms with Crippen molar-refractivity contribution in [2.75, 3.05) is 24.6 Å². The third kappa shape index (κ3) is 5.93. The fourth-order valence-corrected chi connectivity index (χ4v) is 6.04. The van der Waals surface area contributed by atoms with E-state index < -0.39 is 9.84 Å². The average molecular weight is 425 g/mol. The van der Waals surface area contributed by atoms with E-state index in [0.717, 1.165) is 5.76 Å². The van der Waals surface area contributed by atoms with E-state index >= 15 is 0 Å². The fraction of sp³-hybridized carbons (Fsp3) is 0.550. The van der Waals surface area contributed by atoms with Crippen LogP contribution >= 0.6 is 11.3 Å². The summed E-state index contributed by atoms with van der Waals surface area (Å²) in [7, 11) is -3.04. The summed E-state index contributed by atoms with van der Waals surface area (Å²) in [4.78, 5) is 18.2. The Labute approximate surface area is 171 Å². The van der Waals surface area contributed by atoms with Crippen LogP contribution in [0.5, 0.6) is 0 Å². The summed E-state index contributed by atoms with van der Waals surface area (Å²) < 4.78 is 29.4. The molecular formula is C20H28N2O4S2. The number of amides is 1. The van der Waals surface area contributed by atoms with E-state index in [4.69, 9.17) is 4.42 Å². The number of furan rings is 1. The van der Waals surface area contributed by atoms with Gasteiger partial charge < -0.3 is 9.32 Å². The highest BCUT2D eigenvalue weighted by molar-refractivity contribution is 7.91. The Bertz CT molecular complexity index is 809. The van der Waals surface area contributed by atoms with Crippen molar-refractivity contribution < 1.29 is 17.6 Å². The molecule has 0 N–H and O–H groups in total. The molecule has 3 rings (SSSR count). The van der Waals surface area contributed by atoms with E-state index in [2.05, 4.69) is 24.8 Å². The molecule has 0 saturated carbocycles. The SMILES string of the molecule is CC(C)CN(C(=O)CN(Cc1ccco1)Cc1cccs1)C1CCS(=O)(=O)C1. The number of carbonyl (C=O) groups is 1. The second-order valence-electron chi connectivity index (χ2n) is 7.80. The lowest BCUT2D eigenvalue weighted by Gasteiger charge is -2.32. The van der Waals surface area contributed by atoms with Gasteiger partial charge in [0.15, 0.2) is 9.84 Å². The number of carbonyl (C=O) groups excluding carboxylic acids is 1. The van der Waals surface area contributed by atoms with E-state index in [1.54, 1.807) is 22.5 Å². The minimum Gasteiger partial charge on any atom is -0.468 e. The molecule has 0 aliphatic carbocycles. The monoisotopic (exact) mass is 424 g/mol. The van der Waals surface area contributed by atoms with Gasteiger partial charge in [-0.3, -0.25) is 9.69 Å². The molecular weight excluding hydrogens is 396 g/mol. The lowest BCUT2D eigenvalue weighted by molar-refractivity contribution is -0.135. The molecule has 1 atom stereocenters. The van der Waals surface area contributed by atoms with Crippen molar-refractivity contribution in [1.29, 1.82) is 0 Å². The molecule has 1 unspecified atom stereocenters. The number of hydrogen-bond donors (Lipinski definition) is 0. The fourth-order valence-electron chi connectivity index (χ4n) is 3.56. The number of sulfone groups is 1. The van der Waals surface area contributed by atoms with Crippen molar-refractivity contribution in [1.82, 2.24) is 9.80 Å². The first-order chi connectivity index (χ1) is 13.3. The Kier molecular flexibility index (Phi) is 6.95. The number of rotatable bonds is 9. The maximum atomic E-state index is 13.2. The van der Waals surface area contributed by atoms with Gasteiger partial charge in [0.1, 0.15) is 5.76 Å². The third-order valence-corrected chi connectivity index (χ3v) is 7.42. The minimum atomic E-state index is -3.04. The van der Waals surface area contributed by atoms with Crippen LogP contribution in [0.2, 0.25) is 0 Å². The summed E-state index contributed by atoms with van der Waals surface area (Å²) in [5.74, 6) is 1.32. The van der Waals surface area contributed by atoms with Crippen LogP contribution in [0.3, 0.4) is 0 Å². The van der Waals surface area contributed by atoms with Gasteiger partial charge in [0.2, 0.25) is 5.91 Å². The Morgan fingerprint density at radius 2 is 2.11 bits per heavy atom. The zero-order chi connectivity index (χ0) is 20.1. The summed E-state index contributed by atoms with van der Waals surface area (Å²) in [5, 5.41) is 2.02. The predicted octanol–water partition coefficient (Wildman–Crippen LogP) is 3.02. The number of nitrogens with zero attached hydrogens (tertiary/aromatic N) is 2. The standard InChI is InChI=1S/C20H28N2O4S2/c1-16(2)11-22(17-7-10-28(24,25)15-17)20(23)14-21(12-18-5-3-8-26-18)13-19-6-4-9-27-19/h3-6,8-9,16-17H,7,10-15H2,1-2H3. The zero-order valence-electron chi connectivity index (χ0n) is 16.4. The largest absolute Gasteiger partial charge is 0.468 e. The van der Waals surface area contributed by atoms with E-state index in [0.29, 0.717) is 26.1 Å². The molecule has 0 radical (unpaired) electrons. The van der Waals surface area contributed by atoms with Crippen molar-refractivity contribution >= 4 is 27.1 Å². The molecule has 1 amide bonds. The van der Waals surface area contributed by atoms with Crippen molar-refractivity contribution in [3.63, 3.8) is 0 Å². The summed E-state index contributed by atoms with van der Waals surface area (Å²) in [6.45, 7) is 6.11. The van der Waals surface area contributed by atoms with Crippen molar-refractivity contribution in [3.8, 4) is 0 Å². The minimum absolute atomic E-state index is 0.0149. The molecule has 28 heavy (non-hydrogen) atoms. The van der Waals surface area contributed by atoms with Crippen molar-refractivity contribution in [3.05, 3.63) is 46.5 Å². The Morgan fingerprint density at radius 1 is 1.29 bits per heavy atom. The summed E-state index contributed by atoms with van der Waals surface area (Å²) >= 11 is 1.66. The normalized spacial score (nSPS) is 18.8. The van der Waals surface area contributed by atoms with Crippen molar-refractivity contribution in [2.45, 2.75) is 39.4 Å². The number of hydrogen-bond acceptors (Lipinski definition) is 6. The van der Waals surface area contributed by atoms with Gasteiger partial charge in [0.05, 0.1) is 30.9 Å². The van der Waals surface area contributed by atoms with Gasteiger partial charge >= 0.3 is 0 Å². The van der Waals surface area contributed by atoms with Gasteiger partial charge in [0, 0.05) is 24.0 Å². The lowest BCUT2D eigenvalue weighted by atomic mass is 10.1. The van der Waals surface area contributed by atoms with Crippen LogP contribution in [0.4, 0.5) is 0 Å². The first-order valence-electron chi connectivity index (χ1n) is 9.59. The van der Waals surface area contributed by atoms with Gasteiger partial charge in [-0.15, -0.1) is 11.3 Å². The predicted molar refractivity (Wildman–Crippen MR) is 111 cm³/mol. The van der Waals surface area contributed by atoms with Crippen LogP contribution in [-0.2, 0) is 27.7 Å². The molecule has 0 aromatic carbocycles. The summed E-state index contributed by atoms with van der Waals surface area (Å²) in [6, 6.07) is 7.59. The van der Waals surface area contributed by atoms with E-state index in [9.17, 15) is 13.2 Å². The number of thiophene rings is 1. The Hall–Kier alpha value is -1.64. The van der Waals surface area contributed by atoms with Gasteiger partial charge in [-0.1, -0.05) is 19.9 Å². The second-order valence-corrected chi connectivity index (χ2v) is 11.1.